The standard InChI is InChI=1S/C44H46Cl3FN4O5/c1-42(2)18-20-43(21-19-42)44(34-31(46)22-32(47)50-39(34)51-41(44)56)33(29-14-9-15-30(45)35(29)48)37(40(55)49-27-16-17-28(23-53)57-24-27)52(43)36(25-10-5-3-6-11-25)38(54)26-12-7-4-8-13-26/h3-15,22,27-28,33,36-38,53-54H,16-21,23-24H2,1-2H3,(H,49,55)(H,50,51,56)/t27-,28+,33+,36-,37-,38+,44?/m1/s1. The molecule has 1 aliphatic carbocycles. The highest BCUT2D eigenvalue weighted by molar-refractivity contribution is 6.36. The minimum atomic E-state index is -1.75. The number of aromatic nitrogens is 1. The second-order valence-electron chi connectivity index (χ2n) is 16.7. The number of aliphatic hydroxyl groups is 2. The number of aliphatic hydroxyl groups excluding tert-OH is 2. The molecule has 2 spiro atoms. The lowest BCUT2D eigenvalue weighted by Crippen LogP contribution is -2.64. The monoisotopic (exact) mass is 834 g/mol. The molecule has 8 rings (SSSR count). The Bertz CT molecular complexity index is 2140. The zero-order valence-electron chi connectivity index (χ0n) is 31.7. The van der Waals surface area contributed by atoms with E-state index in [0.717, 1.165) is 0 Å². The molecule has 1 unspecified atom stereocenters. The first-order valence-corrected chi connectivity index (χ1v) is 20.7. The smallest absolute Gasteiger partial charge is 0.238 e. The molecular formula is C44H46Cl3FN4O5. The summed E-state index contributed by atoms with van der Waals surface area (Å²) in [6, 6.07) is 22.1. The quantitative estimate of drug-likeness (QED) is 0.132. The second kappa shape index (κ2) is 15.5. The van der Waals surface area contributed by atoms with Crippen molar-refractivity contribution in [1.29, 1.82) is 0 Å². The maximum Gasteiger partial charge on any atom is 0.238 e. The number of nitrogens with zero attached hydrogens (tertiary/aromatic N) is 2. The van der Waals surface area contributed by atoms with Gasteiger partial charge in [0.15, 0.2) is 0 Å². The first kappa shape index (κ1) is 40.2. The molecular weight excluding hydrogens is 790 g/mol. The second-order valence-corrected chi connectivity index (χ2v) is 17.9. The lowest BCUT2D eigenvalue weighted by Gasteiger charge is -2.56. The number of carbonyl (C=O) groups excluding carboxylic acids is 2. The van der Waals surface area contributed by atoms with Crippen LogP contribution in [0, 0.1) is 11.2 Å². The Morgan fingerprint density at radius 3 is 2.26 bits per heavy atom. The van der Waals surface area contributed by atoms with Crippen molar-refractivity contribution >= 4 is 52.4 Å². The van der Waals surface area contributed by atoms with Gasteiger partial charge >= 0.3 is 0 Å². The van der Waals surface area contributed by atoms with E-state index in [1.807, 2.05) is 65.6 Å². The SMILES string of the molecule is CC1(C)CCC2(CC1)N([C@H](c1ccccc1)[C@@H](O)c1ccccc1)[C@@H](C(=O)N[C@@H]1CC[C@@H](CO)OC1)[C@H](c1cccc(Cl)c1F)C21C(=O)Nc2nc(Cl)cc(Cl)c21. The van der Waals surface area contributed by atoms with E-state index in [4.69, 9.17) is 39.5 Å². The van der Waals surface area contributed by atoms with Crippen LogP contribution in [0.4, 0.5) is 10.2 Å². The molecule has 4 aromatic rings. The Balaban J connectivity index is 1.47. The minimum Gasteiger partial charge on any atom is -0.394 e. The molecule has 2 saturated heterocycles. The predicted molar refractivity (Wildman–Crippen MR) is 218 cm³/mol. The van der Waals surface area contributed by atoms with Crippen LogP contribution in [0.15, 0.2) is 84.9 Å². The zero-order chi connectivity index (χ0) is 40.3. The van der Waals surface area contributed by atoms with Crippen LogP contribution in [0.2, 0.25) is 15.2 Å². The Kier molecular flexibility index (Phi) is 10.9. The van der Waals surface area contributed by atoms with Gasteiger partial charge in [-0.2, -0.15) is 0 Å². The molecule has 57 heavy (non-hydrogen) atoms. The van der Waals surface area contributed by atoms with Crippen LogP contribution >= 0.6 is 34.8 Å². The van der Waals surface area contributed by atoms with Crippen molar-refractivity contribution in [2.24, 2.45) is 5.41 Å². The van der Waals surface area contributed by atoms with Gasteiger partial charge in [-0.15, -0.1) is 0 Å². The molecule has 7 atom stereocenters. The summed E-state index contributed by atoms with van der Waals surface area (Å²) >= 11 is 20.4. The highest BCUT2D eigenvalue weighted by atomic mass is 35.5. The van der Waals surface area contributed by atoms with Crippen LogP contribution in [0.25, 0.3) is 0 Å². The summed E-state index contributed by atoms with van der Waals surface area (Å²) in [6.07, 6.45) is 1.49. The molecule has 4 aliphatic rings. The van der Waals surface area contributed by atoms with E-state index < -0.39 is 58.7 Å². The molecule has 300 valence electrons. The van der Waals surface area contributed by atoms with Crippen LogP contribution in [0.1, 0.15) is 92.7 Å². The van der Waals surface area contributed by atoms with E-state index >= 15 is 14.0 Å². The fraction of sp³-hybridized carbons (Fsp3) is 0.432. The molecule has 0 radical (unpaired) electrons. The summed E-state index contributed by atoms with van der Waals surface area (Å²) in [5, 5.41) is 28.9. The van der Waals surface area contributed by atoms with Crippen LogP contribution in [-0.4, -0.2) is 68.9 Å². The highest BCUT2D eigenvalue weighted by Crippen LogP contribution is 2.70. The molecule has 3 fully saturated rings. The Hall–Kier alpha value is -3.61. The van der Waals surface area contributed by atoms with Crippen molar-refractivity contribution in [3.05, 3.63) is 128 Å². The third-order valence-electron chi connectivity index (χ3n) is 13.1. The maximum absolute atomic E-state index is 17.1. The summed E-state index contributed by atoms with van der Waals surface area (Å²) < 4.78 is 23.0. The van der Waals surface area contributed by atoms with Crippen molar-refractivity contribution in [1.82, 2.24) is 15.2 Å². The minimum absolute atomic E-state index is 0.0598. The number of amides is 2. The number of halogens is 4. The number of hydrogen-bond acceptors (Lipinski definition) is 7. The number of likely N-dealkylation sites (tertiary alicyclic amines) is 1. The first-order chi connectivity index (χ1) is 27.3. The van der Waals surface area contributed by atoms with E-state index in [1.54, 1.807) is 12.1 Å². The molecule has 0 bridgehead atoms. The lowest BCUT2D eigenvalue weighted by atomic mass is 9.53. The maximum atomic E-state index is 17.1. The molecule has 4 N–H and O–H groups in total. The van der Waals surface area contributed by atoms with E-state index in [2.05, 4.69) is 29.5 Å². The third kappa shape index (κ3) is 6.65. The number of hydrogen-bond donors (Lipinski definition) is 4. The van der Waals surface area contributed by atoms with E-state index in [9.17, 15) is 10.2 Å². The van der Waals surface area contributed by atoms with Crippen molar-refractivity contribution in [3.63, 3.8) is 0 Å². The van der Waals surface area contributed by atoms with Crippen molar-refractivity contribution in [3.8, 4) is 0 Å². The molecule has 4 heterocycles. The van der Waals surface area contributed by atoms with Crippen molar-refractivity contribution < 1.29 is 28.9 Å². The number of fused-ring (bicyclic) bond motifs is 3. The topological polar surface area (TPSA) is 124 Å². The normalized spacial score (nSPS) is 27.5. The molecule has 3 aliphatic heterocycles. The fourth-order valence-corrected chi connectivity index (χ4v) is 11.1. The van der Waals surface area contributed by atoms with Gasteiger partial charge in [-0.25, -0.2) is 9.37 Å². The Labute approximate surface area is 346 Å². The molecule has 2 amide bonds. The van der Waals surface area contributed by atoms with Gasteiger partial charge in [0.25, 0.3) is 0 Å². The van der Waals surface area contributed by atoms with Gasteiger partial charge in [-0.3, -0.25) is 14.5 Å². The first-order valence-electron chi connectivity index (χ1n) is 19.5. The van der Waals surface area contributed by atoms with E-state index in [-0.39, 0.29) is 51.3 Å². The van der Waals surface area contributed by atoms with Gasteiger partial charge < -0.3 is 25.6 Å². The van der Waals surface area contributed by atoms with Crippen LogP contribution in [0.5, 0.6) is 0 Å². The summed E-state index contributed by atoms with van der Waals surface area (Å²) in [5.74, 6) is -2.84. The number of ether oxygens (including phenoxy) is 1. The number of carbonyl (C=O) groups is 2. The number of benzene rings is 3. The van der Waals surface area contributed by atoms with Gasteiger partial charge in [-0.05, 0) is 72.8 Å². The highest BCUT2D eigenvalue weighted by Gasteiger charge is 2.78. The molecule has 9 nitrogen and oxygen atoms in total. The van der Waals surface area contributed by atoms with Crippen molar-refractivity contribution in [2.75, 3.05) is 18.5 Å². The zero-order valence-corrected chi connectivity index (χ0v) is 34.0. The van der Waals surface area contributed by atoms with Crippen LogP contribution in [-0.2, 0) is 19.7 Å². The van der Waals surface area contributed by atoms with Gasteiger partial charge in [0, 0.05) is 17.0 Å². The van der Waals surface area contributed by atoms with Gasteiger partial charge in [0.1, 0.15) is 22.2 Å². The average molecular weight is 836 g/mol. The van der Waals surface area contributed by atoms with Gasteiger partial charge in [0.2, 0.25) is 11.8 Å². The Morgan fingerprint density at radius 2 is 1.63 bits per heavy atom. The summed E-state index contributed by atoms with van der Waals surface area (Å²) in [4.78, 5) is 37.9. The van der Waals surface area contributed by atoms with E-state index in [1.165, 1.54) is 12.1 Å². The summed E-state index contributed by atoms with van der Waals surface area (Å²) in [5.41, 5.74) is -1.50. The molecule has 3 aromatic carbocycles. The predicted octanol–water partition coefficient (Wildman–Crippen LogP) is 8.31. The number of nitrogens with one attached hydrogen (secondary N) is 2. The summed E-state index contributed by atoms with van der Waals surface area (Å²) in [6.45, 7) is 4.36. The Morgan fingerprint density at radius 1 is 0.965 bits per heavy atom. The third-order valence-corrected chi connectivity index (χ3v) is 13.8. The fourth-order valence-electron chi connectivity index (χ4n) is 10.4. The number of anilines is 1. The molecule has 1 aromatic heterocycles. The number of rotatable bonds is 8. The largest absolute Gasteiger partial charge is 0.394 e. The van der Waals surface area contributed by atoms with Crippen LogP contribution in [0.3, 0.4) is 0 Å². The van der Waals surface area contributed by atoms with Crippen molar-refractivity contribution in [2.45, 2.75) is 99.6 Å². The van der Waals surface area contributed by atoms with Crippen LogP contribution < -0.4 is 10.6 Å². The molecule has 1 saturated carbocycles. The van der Waals surface area contributed by atoms with E-state index in [0.29, 0.717) is 55.2 Å². The van der Waals surface area contributed by atoms with Gasteiger partial charge in [-0.1, -0.05) is 121 Å². The number of pyridine rings is 1. The summed E-state index contributed by atoms with van der Waals surface area (Å²) in [7, 11) is 0. The molecule has 13 heteroatoms. The lowest BCUT2D eigenvalue weighted by molar-refractivity contribution is -0.138. The average Bonchev–Trinajstić information content (AvgIpc) is 3.63. The van der Waals surface area contributed by atoms with Gasteiger partial charge in [0.05, 0.1) is 53.6 Å².